The molecule has 4 rings (SSSR count). The number of hydrogen-bond acceptors (Lipinski definition) is 6. The molecule has 1 aromatic heterocycles. The molecular formula is C25H22F2N4O3S. The number of aromatic nitrogens is 3. The van der Waals surface area contributed by atoms with Crippen LogP contribution in [0.5, 0.6) is 11.5 Å². The van der Waals surface area contributed by atoms with Crippen LogP contribution in [0.1, 0.15) is 18.9 Å². The van der Waals surface area contributed by atoms with E-state index in [1.165, 1.54) is 0 Å². The fourth-order valence-electron chi connectivity index (χ4n) is 3.33. The Kier molecular flexibility index (Phi) is 7.61. The molecule has 0 aliphatic carbocycles. The highest BCUT2D eigenvalue weighted by Crippen LogP contribution is 2.32. The van der Waals surface area contributed by atoms with E-state index in [1.54, 1.807) is 23.8 Å². The monoisotopic (exact) mass is 496 g/mol. The van der Waals surface area contributed by atoms with E-state index in [4.69, 9.17) is 9.47 Å². The van der Waals surface area contributed by atoms with Crippen LogP contribution in [0, 0.1) is 11.6 Å². The second-order valence-electron chi connectivity index (χ2n) is 7.38. The summed E-state index contributed by atoms with van der Waals surface area (Å²) in [6, 6.07) is 19.6. The van der Waals surface area contributed by atoms with E-state index in [0.717, 1.165) is 35.6 Å². The van der Waals surface area contributed by atoms with Gasteiger partial charge in [-0.3, -0.25) is 9.36 Å². The molecule has 3 aromatic carbocycles. The normalized spacial score (nSPS) is 11.7. The van der Waals surface area contributed by atoms with Crippen LogP contribution in [0.15, 0.2) is 78.0 Å². The van der Waals surface area contributed by atoms with E-state index in [1.807, 2.05) is 49.4 Å². The van der Waals surface area contributed by atoms with Crippen molar-refractivity contribution in [2.75, 3.05) is 18.2 Å². The molecule has 1 heterocycles. The third kappa shape index (κ3) is 5.78. The maximum absolute atomic E-state index is 13.9. The predicted octanol–water partition coefficient (Wildman–Crippen LogP) is 5.42. The zero-order valence-electron chi connectivity index (χ0n) is 18.9. The molecule has 1 atom stereocenters. The molecule has 35 heavy (non-hydrogen) atoms. The Hall–Kier alpha value is -3.92. The third-order valence-electron chi connectivity index (χ3n) is 4.94. The summed E-state index contributed by atoms with van der Waals surface area (Å²) < 4.78 is 40.5. The van der Waals surface area contributed by atoms with Gasteiger partial charge in [-0.25, -0.2) is 8.78 Å². The molecule has 4 aromatic rings. The van der Waals surface area contributed by atoms with E-state index in [2.05, 4.69) is 15.5 Å². The van der Waals surface area contributed by atoms with Crippen molar-refractivity contribution in [2.45, 2.75) is 18.2 Å². The molecule has 180 valence electrons. The first-order chi connectivity index (χ1) is 17.0. The molecule has 0 saturated heterocycles. The van der Waals surface area contributed by atoms with Gasteiger partial charge in [-0.05, 0) is 43.3 Å². The lowest BCUT2D eigenvalue weighted by molar-refractivity contribution is -0.113. The standard InChI is InChI=1S/C25H22F2N4O3S/c1-16(34-22-11-7-6-10-21(22)33-2)24-29-30-25(31(24)18-8-4-3-5-9-18)35-15-23(32)28-20-14-17(26)12-13-19(20)27/h3-14,16H,15H2,1-2H3,(H,28,32). The highest BCUT2D eigenvalue weighted by atomic mass is 32.2. The lowest BCUT2D eigenvalue weighted by Gasteiger charge is -2.18. The molecule has 0 radical (unpaired) electrons. The second kappa shape index (κ2) is 11.0. The summed E-state index contributed by atoms with van der Waals surface area (Å²) in [5.41, 5.74) is 0.557. The van der Waals surface area contributed by atoms with Crippen molar-refractivity contribution >= 4 is 23.4 Å². The number of hydrogen-bond donors (Lipinski definition) is 1. The van der Waals surface area contributed by atoms with Gasteiger partial charge in [0.1, 0.15) is 11.6 Å². The van der Waals surface area contributed by atoms with Gasteiger partial charge in [-0.2, -0.15) is 0 Å². The SMILES string of the molecule is COc1ccccc1OC(C)c1nnc(SCC(=O)Nc2cc(F)ccc2F)n1-c1ccccc1. The van der Waals surface area contributed by atoms with Gasteiger partial charge >= 0.3 is 0 Å². The molecule has 1 unspecified atom stereocenters. The number of rotatable bonds is 9. The molecule has 1 amide bonds. The number of carbonyl (C=O) groups excluding carboxylic acids is 1. The minimum Gasteiger partial charge on any atom is -0.493 e. The lowest BCUT2D eigenvalue weighted by atomic mass is 10.3. The van der Waals surface area contributed by atoms with Crippen LogP contribution >= 0.6 is 11.8 Å². The summed E-state index contributed by atoms with van der Waals surface area (Å²) in [6.45, 7) is 1.84. The number of nitrogens with zero attached hydrogens (tertiary/aromatic N) is 3. The van der Waals surface area contributed by atoms with Crippen molar-refractivity contribution in [3.05, 3.63) is 90.3 Å². The van der Waals surface area contributed by atoms with Crippen molar-refractivity contribution in [3.63, 3.8) is 0 Å². The van der Waals surface area contributed by atoms with Crippen LogP contribution in [0.3, 0.4) is 0 Å². The molecule has 0 bridgehead atoms. The molecule has 0 saturated carbocycles. The fourth-order valence-corrected chi connectivity index (χ4v) is 4.09. The number of ether oxygens (including phenoxy) is 2. The third-order valence-corrected chi connectivity index (χ3v) is 5.87. The largest absolute Gasteiger partial charge is 0.493 e. The highest BCUT2D eigenvalue weighted by molar-refractivity contribution is 7.99. The maximum Gasteiger partial charge on any atom is 0.234 e. The highest BCUT2D eigenvalue weighted by Gasteiger charge is 2.22. The van der Waals surface area contributed by atoms with Crippen LogP contribution in [-0.2, 0) is 4.79 Å². The maximum atomic E-state index is 13.9. The van der Waals surface area contributed by atoms with Gasteiger partial charge in [0.05, 0.1) is 18.6 Å². The number of nitrogens with one attached hydrogen (secondary N) is 1. The minimum absolute atomic E-state index is 0.0946. The van der Waals surface area contributed by atoms with E-state index in [0.29, 0.717) is 22.5 Å². The van der Waals surface area contributed by atoms with Crippen molar-refractivity contribution in [1.29, 1.82) is 0 Å². The Morgan fingerprint density at radius 3 is 2.49 bits per heavy atom. The topological polar surface area (TPSA) is 78.3 Å². The van der Waals surface area contributed by atoms with E-state index < -0.39 is 23.6 Å². The smallest absolute Gasteiger partial charge is 0.234 e. The molecule has 7 nitrogen and oxygen atoms in total. The fraction of sp³-hybridized carbons (Fsp3) is 0.160. The number of amides is 1. The first-order valence-corrected chi connectivity index (χ1v) is 11.6. The van der Waals surface area contributed by atoms with Crippen LogP contribution in [0.4, 0.5) is 14.5 Å². The van der Waals surface area contributed by atoms with Gasteiger partial charge in [0, 0.05) is 11.8 Å². The van der Waals surface area contributed by atoms with Crippen LogP contribution in [0.2, 0.25) is 0 Å². The van der Waals surface area contributed by atoms with Crippen molar-refractivity contribution in [1.82, 2.24) is 14.8 Å². The molecule has 0 fully saturated rings. The Balaban J connectivity index is 1.56. The van der Waals surface area contributed by atoms with Gasteiger partial charge in [0.25, 0.3) is 0 Å². The minimum atomic E-state index is -0.721. The quantitative estimate of drug-likeness (QED) is 0.312. The van der Waals surface area contributed by atoms with Gasteiger partial charge < -0.3 is 14.8 Å². The first kappa shape index (κ1) is 24.2. The number of anilines is 1. The molecule has 1 N–H and O–H groups in total. The summed E-state index contributed by atoms with van der Waals surface area (Å²) in [5.74, 6) is -0.323. The predicted molar refractivity (Wildman–Crippen MR) is 129 cm³/mol. The zero-order chi connectivity index (χ0) is 24.8. The van der Waals surface area contributed by atoms with Gasteiger partial charge in [-0.15, -0.1) is 10.2 Å². The number of thioether (sulfide) groups is 1. The summed E-state index contributed by atoms with van der Waals surface area (Å²) in [4.78, 5) is 12.4. The number of methoxy groups -OCH3 is 1. The average Bonchev–Trinajstić information content (AvgIpc) is 3.30. The van der Waals surface area contributed by atoms with Crippen molar-refractivity contribution in [3.8, 4) is 17.2 Å². The summed E-state index contributed by atoms with van der Waals surface area (Å²) in [7, 11) is 1.56. The van der Waals surface area contributed by atoms with Gasteiger partial charge in [0.15, 0.2) is 28.6 Å². The number of carbonyl (C=O) groups is 1. The number of halogens is 2. The van der Waals surface area contributed by atoms with Crippen LogP contribution in [0.25, 0.3) is 5.69 Å². The summed E-state index contributed by atoms with van der Waals surface area (Å²) in [5, 5.41) is 11.4. The number of benzene rings is 3. The summed E-state index contributed by atoms with van der Waals surface area (Å²) >= 11 is 1.11. The summed E-state index contributed by atoms with van der Waals surface area (Å²) in [6.07, 6.45) is -0.511. The van der Waals surface area contributed by atoms with Gasteiger partial charge in [0.2, 0.25) is 5.91 Å². The van der Waals surface area contributed by atoms with Crippen LogP contribution in [-0.4, -0.2) is 33.5 Å². The van der Waals surface area contributed by atoms with E-state index in [9.17, 15) is 13.6 Å². The second-order valence-corrected chi connectivity index (χ2v) is 8.33. The van der Waals surface area contributed by atoms with E-state index in [-0.39, 0.29) is 11.4 Å². The molecule has 10 heteroatoms. The Bertz CT molecular complexity index is 1320. The zero-order valence-corrected chi connectivity index (χ0v) is 19.8. The average molecular weight is 497 g/mol. The van der Waals surface area contributed by atoms with Crippen molar-refractivity contribution in [2.24, 2.45) is 0 Å². The number of para-hydroxylation sites is 3. The molecule has 0 spiro atoms. The Morgan fingerprint density at radius 2 is 1.74 bits per heavy atom. The van der Waals surface area contributed by atoms with Gasteiger partial charge in [-0.1, -0.05) is 42.1 Å². The van der Waals surface area contributed by atoms with Crippen molar-refractivity contribution < 1.29 is 23.0 Å². The Morgan fingerprint density at radius 1 is 1.03 bits per heavy atom. The first-order valence-electron chi connectivity index (χ1n) is 10.6. The lowest BCUT2D eigenvalue weighted by Crippen LogP contribution is -2.16. The molecule has 0 aliphatic rings. The Labute approximate surface area is 205 Å². The molecule has 0 aliphatic heterocycles. The van der Waals surface area contributed by atoms with E-state index >= 15 is 0 Å². The van der Waals surface area contributed by atoms with Crippen LogP contribution < -0.4 is 14.8 Å². The molecular weight excluding hydrogens is 474 g/mol.